The summed E-state index contributed by atoms with van der Waals surface area (Å²) >= 11 is 0. The van der Waals surface area contributed by atoms with Crippen LogP contribution in [0.25, 0.3) is 0 Å². The number of phenols is 2. The van der Waals surface area contributed by atoms with E-state index in [9.17, 15) is 39.9 Å². The Morgan fingerprint density at radius 2 is 1.85 bits per heavy atom. The standard InChI is InChI=1S/C27H29NO11/c1-10-22(31)12(28)8-16(38-10)39-14-6-7-27(36,15(30)9-29)21-18(14)25(34)20-19(26(21)35)23(32)11-4-3-5-13(37-2)17(11)24(20)33/h3-5,10,12,14,16,22,29,31,34-36H,6-9,28H2,1-2H3/t10-,12-,14+,16?,22+,27+/m1/s1. The van der Waals surface area contributed by atoms with Gasteiger partial charge in [0, 0.05) is 29.2 Å². The van der Waals surface area contributed by atoms with Crippen LogP contribution in [0.3, 0.4) is 0 Å². The highest BCUT2D eigenvalue weighted by Crippen LogP contribution is 2.55. The van der Waals surface area contributed by atoms with Crippen molar-refractivity contribution in [2.24, 2.45) is 5.73 Å². The predicted octanol–water partition coefficient (Wildman–Crippen LogP) is 0.305. The highest BCUT2D eigenvalue weighted by Gasteiger charge is 2.52. The molecular weight excluding hydrogens is 514 g/mol. The van der Waals surface area contributed by atoms with Crippen LogP contribution in [-0.2, 0) is 19.9 Å². The van der Waals surface area contributed by atoms with Gasteiger partial charge in [-0.3, -0.25) is 14.4 Å². The number of ether oxygens (including phenoxy) is 3. The van der Waals surface area contributed by atoms with Crippen molar-refractivity contribution in [1.29, 1.82) is 0 Å². The summed E-state index contributed by atoms with van der Waals surface area (Å²) in [6, 6.07) is 3.61. The van der Waals surface area contributed by atoms with E-state index in [4.69, 9.17) is 19.9 Å². The average Bonchev–Trinajstić information content (AvgIpc) is 2.92. The zero-order valence-corrected chi connectivity index (χ0v) is 21.2. The minimum atomic E-state index is -2.49. The quantitative estimate of drug-likeness (QED) is 0.240. The van der Waals surface area contributed by atoms with Crippen LogP contribution in [0.15, 0.2) is 18.2 Å². The highest BCUT2D eigenvalue weighted by molar-refractivity contribution is 6.31. The monoisotopic (exact) mass is 543 g/mol. The molecule has 1 saturated heterocycles. The van der Waals surface area contributed by atoms with Gasteiger partial charge in [-0.15, -0.1) is 0 Å². The van der Waals surface area contributed by atoms with Crippen LogP contribution in [0.4, 0.5) is 0 Å². The van der Waals surface area contributed by atoms with Crippen LogP contribution in [0, 0.1) is 0 Å². The summed E-state index contributed by atoms with van der Waals surface area (Å²) in [4.78, 5) is 40.0. The number of ketones is 3. The van der Waals surface area contributed by atoms with E-state index >= 15 is 0 Å². The summed E-state index contributed by atoms with van der Waals surface area (Å²) in [5, 5.41) is 54.1. The van der Waals surface area contributed by atoms with Crippen molar-refractivity contribution >= 4 is 17.3 Å². The number of aliphatic hydroxyl groups excluding tert-OH is 2. The van der Waals surface area contributed by atoms with Crippen LogP contribution >= 0.6 is 0 Å². The predicted molar refractivity (Wildman–Crippen MR) is 132 cm³/mol. The number of carbonyl (C=O) groups is 3. The number of benzene rings is 2. The fourth-order valence-corrected chi connectivity index (χ4v) is 5.81. The molecule has 7 N–H and O–H groups in total. The third kappa shape index (κ3) is 3.94. The molecule has 208 valence electrons. The zero-order valence-electron chi connectivity index (χ0n) is 21.2. The molecule has 39 heavy (non-hydrogen) atoms. The molecule has 0 saturated carbocycles. The van der Waals surface area contributed by atoms with Crippen LogP contribution in [0.1, 0.15) is 75.3 Å². The number of nitrogens with two attached hydrogens (primary N) is 1. The van der Waals surface area contributed by atoms with Crippen molar-refractivity contribution in [3.05, 3.63) is 51.6 Å². The summed E-state index contributed by atoms with van der Waals surface area (Å²) in [5.41, 5.74) is 1.34. The summed E-state index contributed by atoms with van der Waals surface area (Å²) in [6.45, 7) is 0.504. The molecule has 1 heterocycles. The van der Waals surface area contributed by atoms with Crippen LogP contribution < -0.4 is 10.5 Å². The Labute approximate surface area is 222 Å². The smallest absolute Gasteiger partial charge is 0.202 e. The van der Waals surface area contributed by atoms with Crippen molar-refractivity contribution in [2.75, 3.05) is 13.7 Å². The van der Waals surface area contributed by atoms with Gasteiger partial charge in [-0.05, 0) is 25.8 Å². The zero-order chi connectivity index (χ0) is 28.4. The molecule has 0 radical (unpaired) electrons. The molecule has 1 fully saturated rings. The van der Waals surface area contributed by atoms with Gasteiger partial charge in [0.2, 0.25) is 5.78 Å². The Morgan fingerprint density at radius 1 is 1.15 bits per heavy atom. The van der Waals surface area contributed by atoms with E-state index in [1.807, 2.05) is 0 Å². The Bertz CT molecular complexity index is 1380. The Balaban J connectivity index is 1.72. The number of hydrogen-bond donors (Lipinski definition) is 6. The van der Waals surface area contributed by atoms with Gasteiger partial charge in [0.05, 0.1) is 42.1 Å². The number of methoxy groups -OCH3 is 1. The number of Topliss-reactive ketones (excluding diaryl/α,β-unsaturated/α-hetero) is 1. The lowest BCUT2D eigenvalue weighted by atomic mass is 9.70. The van der Waals surface area contributed by atoms with Crippen molar-refractivity contribution in [3.8, 4) is 17.2 Å². The van der Waals surface area contributed by atoms with Gasteiger partial charge < -0.3 is 45.5 Å². The second-order valence-corrected chi connectivity index (χ2v) is 10.0. The maximum absolute atomic E-state index is 13.7. The molecule has 0 bridgehead atoms. The SMILES string of the molecule is COc1cccc2c1C(=O)c1c(O)c3c(c(O)c1C2=O)[C@@](O)(C(=O)CO)CC[C@@H]3OC1C[C@@H](N)[C@@H](O)[C@@H](C)O1. The fourth-order valence-electron chi connectivity index (χ4n) is 5.81. The molecule has 3 aliphatic rings. The molecule has 2 aromatic carbocycles. The number of hydrogen-bond acceptors (Lipinski definition) is 12. The molecule has 0 aromatic heterocycles. The molecule has 2 aliphatic carbocycles. The first-order valence-corrected chi connectivity index (χ1v) is 12.5. The lowest BCUT2D eigenvalue weighted by Gasteiger charge is -2.42. The van der Waals surface area contributed by atoms with Crippen molar-refractivity contribution in [2.45, 2.75) is 62.4 Å². The minimum Gasteiger partial charge on any atom is -0.507 e. The summed E-state index contributed by atoms with van der Waals surface area (Å²) < 4.78 is 17.0. The van der Waals surface area contributed by atoms with Crippen LogP contribution in [-0.4, -0.2) is 81.1 Å². The van der Waals surface area contributed by atoms with E-state index in [1.54, 1.807) is 6.92 Å². The summed E-state index contributed by atoms with van der Waals surface area (Å²) in [5.74, 6) is -4.31. The van der Waals surface area contributed by atoms with Crippen molar-refractivity contribution in [1.82, 2.24) is 0 Å². The number of rotatable bonds is 5. The Hall–Kier alpha value is -3.39. The number of carbonyl (C=O) groups excluding carboxylic acids is 3. The van der Waals surface area contributed by atoms with E-state index in [-0.39, 0.29) is 41.7 Å². The third-order valence-electron chi connectivity index (χ3n) is 7.83. The molecule has 0 amide bonds. The van der Waals surface area contributed by atoms with E-state index in [2.05, 4.69) is 0 Å². The number of aromatic hydroxyl groups is 2. The van der Waals surface area contributed by atoms with E-state index in [0.29, 0.717) is 0 Å². The largest absolute Gasteiger partial charge is 0.507 e. The molecule has 5 rings (SSSR count). The van der Waals surface area contributed by atoms with E-state index in [1.165, 1.54) is 25.3 Å². The second kappa shape index (κ2) is 9.66. The first-order chi connectivity index (χ1) is 18.5. The van der Waals surface area contributed by atoms with Crippen molar-refractivity contribution in [3.63, 3.8) is 0 Å². The lowest BCUT2D eigenvalue weighted by Crippen LogP contribution is -2.52. The molecular formula is C27H29NO11. The fraction of sp³-hybridized carbons (Fsp3) is 0.444. The molecule has 1 unspecified atom stereocenters. The molecule has 0 spiro atoms. The first-order valence-electron chi connectivity index (χ1n) is 12.5. The first kappa shape index (κ1) is 27.2. The van der Waals surface area contributed by atoms with Gasteiger partial charge in [0.25, 0.3) is 0 Å². The maximum Gasteiger partial charge on any atom is 0.202 e. The van der Waals surface area contributed by atoms with Gasteiger partial charge in [-0.2, -0.15) is 0 Å². The highest BCUT2D eigenvalue weighted by atomic mass is 16.7. The topological polar surface area (TPSA) is 206 Å². The summed E-state index contributed by atoms with van der Waals surface area (Å²) in [6.07, 6.45) is -4.13. The average molecular weight is 544 g/mol. The van der Waals surface area contributed by atoms with Crippen LogP contribution in [0.5, 0.6) is 17.2 Å². The van der Waals surface area contributed by atoms with Gasteiger partial charge in [-0.1, -0.05) is 12.1 Å². The minimum absolute atomic E-state index is 0.0663. The normalized spacial score (nSPS) is 29.8. The lowest BCUT2D eigenvalue weighted by molar-refractivity contribution is -0.244. The molecule has 12 heteroatoms. The molecule has 1 aliphatic heterocycles. The maximum atomic E-state index is 13.7. The van der Waals surface area contributed by atoms with Gasteiger partial charge in [0.1, 0.15) is 23.9 Å². The van der Waals surface area contributed by atoms with Gasteiger partial charge in [0.15, 0.2) is 23.5 Å². The van der Waals surface area contributed by atoms with Gasteiger partial charge >= 0.3 is 0 Å². The number of aliphatic hydroxyl groups is 3. The number of phenolic OH excluding ortho intramolecular Hbond substituents is 2. The molecule has 6 atom stereocenters. The van der Waals surface area contributed by atoms with Gasteiger partial charge in [-0.25, -0.2) is 0 Å². The Kier molecular flexibility index (Phi) is 6.74. The summed E-state index contributed by atoms with van der Waals surface area (Å²) in [7, 11) is 1.31. The van der Waals surface area contributed by atoms with E-state index in [0.717, 1.165) is 0 Å². The Morgan fingerprint density at radius 3 is 2.49 bits per heavy atom. The van der Waals surface area contributed by atoms with Crippen molar-refractivity contribution < 1.29 is 54.1 Å². The second-order valence-electron chi connectivity index (χ2n) is 10.0. The van der Waals surface area contributed by atoms with E-state index < -0.39 is 88.4 Å². The number of fused-ring (bicyclic) bond motifs is 3. The van der Waals surface area contributed by atoms with Crippen LogP contribution in [0.2, 0.25) is 0 Å². The molecule has 12 nitrogen and oxygen atoms in total. The molecule has 2 aromatic rings. The third-order valence-corrected chi connectivity index (χ3v) is 7.83.